The third-order valence-electron chi connectivity index (χ3n) is 5.09. The van der Waals surface area contributed by atoms with Crippen LogP contribution in [-0.2, 0) is 0 Å². The van der Waals surface area contributed by atoms with E-state index >= 15 is 0 Å². The van der Waals surface area contributed by atoms with Crippen molar-refractivity contribution in [1.82, 2.24) is 5.32 Å². The van der Waals surface area contributed by atoms with Crippen LogP contribution in [0.2, 0.25) is 0 Å². The Labute approximate surface area is 152 Å². The summed E-state index contributed by atoms with van der Waals surface area (Å²) in [6.07, 6.45) is 1.87. The average Bonchev–Trinajstić information content (AvgIpc) is 2.54. The summed E-state index contributed by atoms with van der Waals surface area (Å²) in [6.45, 7) is 10.4. The van der Waals surface area contributed by atoms with Crippen molar-refractivity contribution in [3.05, 3.63) is 69.8 Å². The number of nitrogens with two attached hydrogens (primary N) is 2. The van der Waals surface area contributed by atoms with Crippen molar-refractivity contribution in [2.45, 2.75) is 52.6 Å². The molecule has 3 heteroatoms. The van der Waals surface area contributed by atoms with Gasteiger partial charge in [-0.25, -0.2) is 0 Å². The van der Waals surface area contributed by atoms with E-state index in [1.165, 1.54) is 33.4 Å². The predicted molar refractivity (Wildman–Crippen MR) is 108 cm³/mol. The van der Waals surface area contributed by atoms with Crippen LogP contribution in [0.1, 0.15) is 58.3 Å². The summed E-state index contributed by atoms with van der Waals surface area (Å²) < 4.78 is 0. The summed E-state index contributed by atoms with van der Waals surface area (Å²) in [6, 6.07) is 12.9. The Morgan fingerprint density at radius 3 is 1.32 bits per heavy atom. The maximum atomic E-state index is 6.40. The summed E-state index contributed by atoms with van der Waals surface area (Å²) in [5, 5.41) is 3.50. The van der Waals surface area contributed by atoms with E-state index in [1.807, 2.05) is 0 Å². The Hall–Kier alpha value is -1.68. The van der Waals surface area contributed by atoms with E-state index in [2.05, 4.69) is 69.4 Å². The van der Waals surface area contributed by atoms with Crippen LogP contribution in [0.25, 0.3) is 0 Å². The highest BCUT2D eigenvalue weighted by Crippen LogP contribution is 2.23. The molecule has 0 bridgehead atoms. The van der Waals surface area contributed by atoms with Gasteiger partial charge in [0.2, 0.25) is 0 Å². The molecule has 2 rings (SSSR count). The molecule has 0 spiro atoms. The zero-order valence-electron chi connectivity index (χ0n) is 16.1. The second-order valence-electron chi connectivity index (χ2n) is 7.15. The van der Waals surface area contributed by atoms with E-state index < -0.39 is 0 Å². The van der Waals surface area contributed by atoms with Gasteiger partial charge >= 0.3 is 0 Å². The molecule has 2 aromatic rings. The molecule has 2 aromatic carbocycles. The highest BCUT2D eigenvalue weighted by molar-refractivity contribution is 5.36. The highest BCUT2D eigenvalue weighted by Gasteiger charge is 2.13. The summed E-state index contributed by atoms with van der Waals surface area (Å²) in [5.74, 6) is 0. The Morgan fingerprint density at radius 2 is 1.00 bits per heavy atom. The SMILES string of the molecule is Cc1cccc(C)c1C(N)CCNCCC(N)c1c(C)cccc1C. The van der Waals surface area contributed by atoms with Crippen LogP contribution in [0.3, 0.4) is 0 Å². The number of hydrogen-bond donors (Lipinski definition) is 3. The van der Waals surface area contributed by atoms with Crippen LogP contribution in [-0.4, -0.2) is 13.1 Å². The molecule has 0 saturated heterocycles. The second kappa shape index (κ2) is 9.14. The van der Waals surface area contributed by atoms with Gasteiger partial charge in [-0.15, -0.1) is 0 Å². The molecule has 0 aliphatic heterocycles. The first-order valence-electron chi connectivity index (χ1n) is 9.26. The lowest BCUT2D eigenvalue weighted by Gasteiger charge is -2.19. The van der Waals surface area contributed by atoms with Crippen LogP contribution < -0.4 is 16.8 Å². The van der Waals surface area contributed by atoms with Gasteiger partial charge in [0.05, 0.1) is 0 Å². The Balaban J connectivity index is 1.78. The smallest absolute Gasteiger partial charge is 0.0312 e. The Bertz CT molecular complexity index is 594. The molecule has 2 unspecified atom stereocenters. The molecule has 0 heterocycles. The molecule has 0 amide bonds. The molecule has 136 valence electrons. The highest BCUT2D eigenvalue weighted by atomic mass is 14.9. The lowest BCUT2D eigenvalue weighted by Crippen LogP contribution is -2.25. The van der Waals surface area contributed by atoms with Gasteiger partial charge in [-0.1, -0.05) is 36.4 Å². The van der Waals surface area contributed by atoms with Crippen molar-refractivity contribution in [2.24, 2.45) is 11.5 Å². The van der Waals surface area contributed by atoms with E-state index in [9.17, 15) is 0 Å². The van der Waals surface area contributed by atoms with Gasteiger partial charge in [-0.2, -0.15) is 0 Å². The topological polar surface area (TPSA) is 64.1 Å². The van der Waals surface area contributed by atoms with E-state index in [1.54, 1.807) is 0 Å². The van der Waals surface area contributed by atoms with Crippen molar-refractivity contribution in [3.8, 4) is 0 Å². The fourth-order valence-electron chi connectivity index (χ4n) is 3.75. The van der Waals surface area contributed by atoms with E-state index in [4.69, 9.17) is 11.5 Å². The van der Waals surface area contributed by atoms with Gasteiger partial charge in [-0.3, -0.25) is 0 Å². The van der Waals surface area contributed by atoms with E-state index in [0.29, 0.717) is 0 Å². The molecular weight excluding hydrogens is 306 g/mol. The molecule has 0 saturated carbocycles. The molecule has 0 radical (unpaired) electrons. The van der Waals surface area contributed by atoms with Gasteiger partial charge in [0, 0.05) is 12.1 Å². The maximum Gasteiger partial charge on any atom is 0.0312 e. The molecule has 2 atom stereocenters. The zero-order valence-corrected chi connectivity index (χ0v) is 16.1. The van der Waals surface area contributed by atoms with Crippen LogP contribution in [0.5, 0.6) is 0 Å². The average molecular weight is 340 g/mol. The number of hydrogen-bond acceptors (Lipinski definition) is 3. The third kappa shape index (κ3) is 5.15. The van der Waals surface area contributed by atoms with Gasteiger partial charge in [-0.05, 0) is 87.0 Å². The van der Waals surface area contributed by atoms with Gasteiger partial charge in [0.1, 0.15) is 0 Å². The molecule has 3 nitrogen and oxygen atoms in total. The van der Waals surface area contributed by atoms with Crippen molar-refractivity contribution in [2.75, 3.05) is 13.1 Å². The number of nitrogens with one attached hydrogen (secondary N) is 1. The monoisotopic (exact) mass is 339 g/mol. The summed E-state index contributed by atoms with van der Waals surface area (Å²) in [4.78, 5) is 0. The van der Waals surface area contributed by atoms with E-state index in [0.717, 1.165) is 25.9 Å². The van der Waals surface area contributed by atoms with Gasteiger partial charge < -0.3 is 16.8 Å². The maximum absolute atomic E-state index is 6.40. The molecule has 25 heavy (non-hydrogen) atoms. The molecule has 0 aliphatic rings. The second-order valence-corrected chi connectivity index (χ2v) is 7.15. The van der Waals surface area contributed by atoms with E-state index in [-0.39, 0.29) is 12.1 Å². The van der Waals surface area contributed by atoms with Crippen molar-refractivity contribution in [3.63, 3.8) is 0 Å². The lowest BCUT2D eigenvalue weighted by atomic mass is 9.94. The molecule has 5 N–H and O–H groups in total. The minimum atomic E-state index is 0.0842. The quantitative estimate of drug-likeness (QED) is 0.637. The number of rotatable bonds is 8. The predicted octanol–water partition coefficient (Wildman–Crippen LogP) is 3.99. The van der Waals surface area contributed by atoms with Crippen molar-refractivity contribution < 1.29 is 0 Å². The fourth-order valence-corrected chi connectivity index (χ4v) is 3.75. The van der Waals surface area contributed by atoms with Crippen LogP contribution in [0.4, 0.5) is 0 Å². The first-order valence-corrected chi connectivity index (χ1v) is 9.26. The minimum absolute atomic E-state index is 0.0842. The standard InChI is InChI=1S/C22H33N3/c1-15-7-5-8-16(2)21(15)19(23)11-13-25-14-12-20(24)22-17(3)9-6-10-18(22)4/h5-10,19-20,25H,11-14,23-24H2,1-4H3. The molecule has 0 aliphatic carbocycles. The number of benzene rings is 2. The largest absolute Gasteiger partial charge is 0.324 e. The molecule has 0 fully saturated rings. The Kier molecular flexibility index (Phi) is 7.18. The van der Waals surface area contributed by atoms with Crippen molar-refractivity contribution >= 4 is 0 Å². The lowest BCUT2D eigenvalue weighted by molar-refractivity contribution is 0.538. The molecular formula is C22H33N3. The minimum Gasteiger partial charge on any atom is -0.324 e. The summed E-state index contributed by atoms with van der Waals surface area (Å²) in [7, 11) is 0. The normalized spacial score (nSPS) is 13.7. The van der Waals surface area contributed by atoms with Crippen LogP contribution in [0, 0.1) is 27.7 Å². The summed E-state index contributed by atoms with van der Waals surface area (Å²) >= 11 is 0. The first-order chi connectivity index (χ1) is 11.9. The van der Waals surface area contributed by atoms with Crippen LogP contribution >= 0.6 is 0 Å². The molecule has 0 aromatic heterocycles. The van der Waals surface area contributed by atoms with Gasteiger partial charge in [0.25, 0.3) is 0 Å². The first kappa shape index (κ1) is 19.6. The summed E-state index contributed by atoms with van der Waals surface area (Å²) in [5.41, 5.74) is 20.5. The zero-order chi connectivity index (χ0) is 18.4. The van der Waals surface area contributed by atoms with Gasteiger partial charge in [0.15, 0.2) is 0 Å². The van der Waals surface area contributed by atoms with Crippen molar-refractivity contribution in [1.29, 1.82) is 0 Å². The van der Waals surface area contributed by atoms with Crippen LogP contribution in [0.15, 0.2) is 36.4 Å². The fraction of sp³-hybridized carbons (Fsp3) is 0.455. The number of aryl methyl sites for hydroxylation is 4. The third-order valence-corrected chi connectivity index (χ3v) is 5.09. The Morgan fingerprint density at radius 1 is 0.680 bits per heavy atom.